The molecule has 8 nitrogen and oxygen atoms in total. The van der Waals surface area contributed by atoms with Crippen LogP contribution in [0.5, 0.6) is 5.75 Å². The van der Waals surface area contributed by atoms with Crippen molar-refractivity contribution in [2.75, 3.05) is 10.7 Å². The Bertz CT molecular complexity index is 1820. The maximum Gasteiger partial charge on any atom is 0.573 e. The number of alkyl halides is 3. The second kappa shape index (κ2) is 14.5. The number of thiocarbonyl (C=S) groups is 1. The Labute approximate surface area is 280 Å². The van der Waals surface area contributed by atoms with E-state index in [4.69, 9.17) is 12.2 Å². The fourth-order valence-corrected chi connectivity index (χ4v) is 6.13. The predicted octanol–water partition coefficient (Wildman–Crippen LogP) is 8.07. The third kappa shape index (κ3) is 8.86. The summed E-state index contributed by atoms with van der Waals surface area (Å²) in [5.74, 6) is 0.702. The smallest absolute Gasteiger partial charge is 0.406 e. The number of ether oxygens (including phenoxy) is 1. The molecule has 1 N–H and O–H groups in total. The fourth-order valence-electron chi connectivity index (χ4n) is 4.92. The van der Waals surface area contributed by atoms with Gasteiger partial charge in [-0.3, -0.25) is 9.69 Å². The lowest BCUT2D eigenvalue weighted by atomic mass is 9.99. The number of carbonyl (C=O) groups is 1. The highest BCUT2D eigenvalue weighted by atomic mass is 32.2. The number of hydrogen-bond acceptors (Lipinski definition) is 6. The van der Waals surface area contributed by atoms with Crippen LogP contribution in [0.2, 0.25) is 0 Å². The van der Waals surface area contributed by atoms with Crippen molar-refractivity contribution in [1.82, 2.24) is 20.1 Å². The van der Waals surface area contributed by atoms with E-state index in [9.17, 15) is 18.0 Å². The lowest BCUT2D eigenvalue weighted by molar-refractivity contribution is -0.274. The standard InChI is InChI=1S/C34H33F3N6O2S2/c1-21(2)28-16-11-22(3)17-29(28)43-30(44)19-47-33(43)40-32(46)39-23(4)7-5-8-24-9-6-10-25(18-24)31-38-20-42(41-31)26-12-14-27(15-13-26)45-34(35,36)37/h5-6,8-18,20-21,23H,7,19H2,1-4H3,(H,39,46)/b8-5+,40-33-. The quantitative estimate of drug-likeness (QED) is 0.179. The number of rotatable bonds is 9. The molecule has 1 aromatic heterocycles. The van der Waals surface area contributed by atoms with Crippen LogP contribution in [-0.4, -0.2) is 49.1 Å². The SMILES string of the molecule is Cc1ccc(C(C)C)c(N2C(=O)CS/C2=N\C(=S)NC(C)C/C=C/c2cccc(-c3ncn(-c4ccc(OC(F)(F)F)cc4)n3)c2)c1. The third-order valence-corrected chi connectivity index (χ3v) is 8.29. The summed E-state index contributed by atoms with van der Waals surface area (Å²) in [5, 5.41) is 8.63. The van der Waals surface area contributed by atoms with Gasteiger partial charge in [-0.25, -0.2) is 9.67 Å². The summed E-state index contributed by atoms with van der Waals surface area (Å²) >= 11 is 6.94. The van der Waals surface area contributed by atoms with Crippen LogP contribution in [0.15, 0.2) is 84.1 Å². The molecule has 47 heavy (non-hydrogen) atoms. The average Bonchev–Trinajstić information content (AvgIpc) is 3.64. The largest absolute Gasteiger partial charge is 0.573 e. The average molecular weight is 679 g/mol. The Kier molecular flexibility index (Phi) is 10.5. The number of amidine groups is 1. The highest BCUT2D eigenvalue weighted by Gasteiger charge is 2.32. The van der Waals surface area contributed by atoms with Crippen LogP contribution in [0.3, 0.4) is 0 Å². The first kappa shape index (κ1) is 33.9. The normalized spacial score (nSPS) is 15.2. The molecule has 0 aliphatic carbocycles. The van der Waals surface area contributed by atoms with Gasteiger partial charge in [0.2, 0.25) is 5.91 Å². The number of nitrogens with one attached hydrogen (secondary N) is 1. The minimum atomic E-state index is -4.75. The van der Waals surface area contributed by atoms with Gasteiger partial charge < -0.3 is 10.1 Å². The van der Waals surface area contributed by atoms with Crippen molar-refractivity contribution in [3.05, 3.63) is 95.8 Å². The van der Waals surface area contributed by atoms with Gasteiger partial charge in [0, 0.05) is 11.6 Å². The van der Waals surface area contributed by atoms with E-state index in [2.05, 4.69) is 51.1 Å². The van der Waals surface area contributed by atoms with Crippen molar-refractivity contribution in [3.8, 4) is 22.8 Å². The number of aliphatic imine (C=N–C) groups is 1. The monoisotopic (exact) mass is 678 g/mol. The highest BCUT2D eigenvalue weighted by molar-refractivity contribution is 8.15. The van der Waals surface area contributed by atoms with Crippen molar-refractivity contribution < 1.29 is 22.7 Å². The van der Waals surface area contributed by atoms with Gasteiger partial charge in [0.05, 0.1) is 17.1 Å². The van der Waals surface area contributed by atoms with E-state index in [0.717, 1.165) is 27.9 Å². The van der Waals surface area contributed by atoms with Gasteiger partial charge >= 0.3 is 6.36 Å². The maximum absolute atomic E-state index is 12.9. The van der Waals surface area contributed by atoms with E-state index in [1.165, 1.54) is 47.0 Å². The molecule has 1 atom stereocenters. The molecular formula is C34H33F3N6O2S2. The lowest BCUT2D eigenvalue weighted by Gasteiger charge is -2.22. The summed E-state index contributed by atoms with van der Waals surface area (Å²) in [6.07, 6.45) is 1.44. The second-order valence-electron chi connectivity index (χ2n) is 11.3. The minimum Gasteiger partial charge on any atom is -0.406 e. The van der Waals surface area contributed by atoms with Crippen LogP contribution >= 0.6 is 24.0 Å². The summed E-state index contributed by atoms with van der Waals surface area (Å²) < 4.78 is 42.8. The van der Waals surface area contributed by atoms with E-state index in [0.29, 0.717) is 34.0 Å². The molecule has 2 heterocycles. The molecule has 1 unspecified atom stereocenters. The summed E-state index contributed by atoms with van der Waals surface area (Å²) in [6, 6.07) is 19.2. The first-order valence-corrected chi connectivity index (χ1v) is 16.3. The first-order chi connectivity index (χ1) is 22.4. The Morgan fingerprint density at radius 2 is 1.89 bits per heavy atom. The minimum absolute atomic E-state index is 0.0159. The Morgan fingerprint density at radius 1 is 1.13 bits per heavy atom. The maximum atomic E-state index is 12.9. The zero-order valence-electron chi connectivity index (χ0n) is 26.2. The van der Waals surface area contributed by atoms with E-state index in [-0.39, 0.29) is 23.6 Å². The molecule has 0 radical (unpaired) electrons. The number of hydrogen-bond donors (Lipinski definition) is 1. The van der Waals surface area contributed by atoms with Crippen LogP contribution in [-0.2, 0) is 4.79 Å². The second-order valence-corrected chi connectivity index (χ2v) is 12.6. The van der Waals surface area contributed by atoms with Gasteiger partial charge in [0.25, 0.3) is 0 Å². The molecule has 1 aliphatic rings. The molecule has 5 rings (SSSR count). The van der Waals surface area contributed by atoms with Crippen molar-refractivity contribution in [2.24, 2.45) is 4.99 Å². The van der Waals surface area contributed by atoms with Gasteiger partial charge in [0.1, 0.15) is 12.1 Å². The van der Waals surface area contributed by atoms with Crippen LogP contribution in [0.1, 0.15) is 49.8 Å². The molecule has 0 spiro atoms. The number of carbonyl (C=O) groups excluding carboxylic acids is 1. The van der Waals surface area contributed by atoms with Crippen molar-refractivity contribution in [3.63, 3.8) is 0 Å². The van der Waals surface area contributed by atoms with Gasteiger partial charge in [-0.1, -0.05) is 68.1 Å². The summed E-state index contributed by atoms with van der Waals surface area (Å²) in [7, 11) is 0. The molecule has 1 fully saturated rings. The van der Waals surface area contributed by atoms with Gasteiger partial charge in [-0.05, 0) is 91.5 Å². The summed E-state index contributed by atoms with van der Waals surface area (Å²) in [5.41, 5.74) is 5.27. The van der Waals surface area contributed by atoms with E-state index < -0.39 is 6.36 Å². The van der Waals surface area contributed by atoms with Gasteiger partial charge in [-0.2, -0.15) is 4.99 Å². The van der Waals surface area contributed by atoms with Crippen molar-refractivity contribution in [1.29, 1.82) is 0 Å². The van der Waals surface area contributed by atoms with E-state index in [1.807, 2.05) is 56.3 Å². The number of thioether (sulfide) groups is 1. The molecule has 0 bridgehead atoms. The fraction of sp³-hybridized carbons (Fsp3) is 0.265. The Balaban J connectivity index is 1.19. The number of amides is 1. The number of aromatic nitrogens is 3. The molecule has 13 heteroatoms. The number of nitrogens with zero attached hydrogens (tertiary/aromatic N) is 5. The molecule has 1 aliphatic heterocycles. The first-order valence-electron chi connectivity index (χ1n) is 14.9. The van der Waals surface area contributed by atoms with Crippen molar-refractivity contribution >= 4 is 51.9 Å². The molecule has 244 valence electrons. The van der Waals surface area contributed by atoms with Crippen LogP contribution in [0.25, 0.3) is 23.2 Å². The number of halogens is 3. The summed E-state index contributed by atoms with van der Waals surface area (Å²) in [4.78, 5) is 23.6. The van der Waals surface area contributed by atoms with Crippen molar-refractivity contribution in [2.45, 2.75) is 52.4 Å². The van der Waals surface area contributed by atoms with Gasteiger partial charge in [-0.15, -0.1) is 18.3 Å². The van der Waals surface area contributed by atoms with Gasteiger partial charge in [0.15, 0.2) is 16.1 Å². The van der Waals surface area contributed by atoms with Crippen LogP contribution in [0, 0.1) is 6.92 Å². The Morgan fingerprint density at radius 3 is 2.62 bits per heavy atom. The molecular weight excluding hydrogens is 646 g/mol. The molecule has 0 saturated carbocycles. The molecule has 1 amide bonds. The van der Waals surface area contributed by atoms with Crippen LogP contribution in [0.4, 0.5) is 18.9 Å². The number of aryl methyl sites for hydroxylation is 1. The topological polar surface area (TPSA) is 84.6 Å². The van der Waals surface area contributed by atoms with E-state index in [1.54, 1.807) is 4.90 Å². The third-order valence-electron chi connectivity index (χ3n) is 7.15. The number of anilines is 1. The zero-order valence-corrected chi connectivity index (χ0v) is 27.8. The highest BCUT2D eigenvalue weighted by Crippen LogP contribution is 2.34. The molecule has 1 saturated heterocycles. The number of benzene rings is 3. The van der Waals surface area contributed by atoms with E-state index >= 15 is 0 Å². The molecule has 3 aromatic carbocycles. The molecule has 4 aromatic rings. The zero-order chi connectivity index (χ0) is 33.7. The summed E-state index contributed by atoms with van der Waals surface area (Å²) in [6.45, 7) is 8.22. The lowest BCUT2D eigenvalue weighted by Crippen LogP contribution is -2.34. The van der Waals surface area contributed by atoms with Crippen LogP contribution < -0.4 is 15.0 Å². The predicted molar refractivity (Wildman–Crippen MR) is 185 cm³/mol. The Hall–Kier alpha value is -4.49.